The van der Waals surface area contributed by atoms with E-state index >= 15 is 0 Å². The van der Waals surface area contributed by atoms with E-state index in [1.807, 2.05) is 6.92 Å². The van der Waals surface area contributed by atoms with E-state index in [4.69, 9.17) is 14.2 Å². The largest absolute Gasteiger partial charge is 0.493 e. The number of amides is 4. The number of sulfone groups is 1. The minimum atomic E-state index is -3.64. The van der Waals surface area contributed by atoms with Gasteiger partial charge in [-0.1, -0.05) is 50.3 Å². The molecule has 358 valence electrons. The summed E-state index contributed by atoms with van der Waals surface area (Å²) < 4.78 is 42.4. The van der Waals surface area contributed by atoms with Crippen LogP contribution in [0.3, 0.4) is 0 Å². The molecule has 0 aromatic heterocycles. The molecular weight excluding hydrogens is 1040 g/mol. The summed E-state index contributed by atoms with van der Waals surface area (Å²) in [5.41, 5.74) is 5.12. The van der Waals surface area contributed by atoms with Crippen LogP contribution in [0.1, 0.15) is 157 Å². The first-order chi connectivity index (χ1) is 31.8. The number of benzene rings is 3. The molecular formula is C51H63HfN4O10S-. The van der Waals surface area contributed by atoms with E-state index in [1.165, 1.54) is 43.1 Å². The van der Waals surface area contributed by atoms with Gasteiger partial charge in [-0.25, -0.2) is 8.42 Å². The molecule has 67 heavy (non-hydrogen) atoms. The molecule has 0 radical (unpaired) electrons. The molecule has 5 heterocycles. The molecule has 4 amide bonds. The summed E-state index contributed by atoms with van der Waals surface area (Å²) in [6.45, 7) is 6.06. The minimum absolute atomic E-state index is 0. The maximum absolute atomic E-state index is 14.0. The molecule has 4 atom stereocenters. The number of carbonyl (C=O) groups is 5. The third kappa shape index (κ3) is 12.0. The molecule has 0 bridgehead atoms. The molecule has 3 aromatic carbocycles. The summed E-state index contributed by atoms with van der Waals surface area (Å²) in [6, 6.07) is 16.5. The Morgan fingerprint density at radius 2 is 1.67 bits per heavy atom. The fraction of sp³-hybridized carbons (Fsp3) is 0.549. The van der Waals surface area contributed by atoms with Crippen LogP contribution in [-0.2, 0) is 67.8 Å². The van der Waals surface area contributed by atoms with E-state index in [-0.39, 0.29) is 79.4 Å². The SMILES string of the molecule is CCOc1cc([C@@H](CS(C)(=O)=O)N2C(=O)c3cccc(CCC(=O)CCCCCCCCCN4CCC(c5[c-]cc6c(c5)CN(C5CCC(=O)NC5=O)C5OC65)CC4)c3C2=O)ccc1OC.[Hf]. The quantitative estimate of drug-likeness (QED) is 0.0368. The number of nitrogens with one attached hydrogen (secondary N) is 1. The zero-order valence-electron chi connectivity index (χ0n) is 39.0. The Labute approximate surface area is 413 Å². The number of unbranched alkanes of at least 4 members (excludes halogenated alkanes) is 6. The minimum Gasteiger partial charge on any atom is -0.493 e. The summed E-state index contributed by atoms with van der Waals surface area (Å²) in [5, 5.41) is 2.50. The van der Waals surface area contributed by atoms with Gasteiger partial charge in [0, 0.05) is 57.9 Å². The van der Waals surface area contributed by atoms with E-state index in [9.17, 15) is 32.4 Å². The van der Waals surface area contributed by atoms with Gasteiger partial charge in [-0.05, 0) is 100 Å². The summed E-state index contributed by atoms with van der Waals surface area (Å²) in [4.78, 5) is 70.9. The Hall–Kier alpha value is -4.09. The maximum atomic E-state index is 14.0. The molecule has 5 aliphatic heterocycles. The van der Waals surface area contributed by atoms with Crippen molar-refractivity contribution in [2.75, 3.05) is 45.4 Å². The fourth-order valence-electron chi connectivity index (χ4n) is 10.4. The van der Waals surface area contributed by atoms with Crippen LogP contribution in [0, 0.1) is 6.07 Å². The number of hydrogen-bond donors (Lipinski definition) is 1. The van der Waals surface area contributed by atoms with E-state index in [0.29, 0.717) is 67.4 Å². The number of carbonyl (C=O) groups excluding carboxylic acids is 5. The first-order valence-electron chi connectivity index (χ1n) is 23.8. The standard InChI is InChI=1S/C51H63N4O10S.Hf/c1-4-64-44-30-36(18-22-43(44)63-2)42(32-66(3,61)62)55-49(59)40-15-12-13-34(46(40)50(55)60)16-19-38(56)14-10-8-6-5-7-9-11-26-53-27-24-33(25-28-53)35-17-20-39-37(29-35)31-54(51-47(39)65-51)41-21-23-45(57)52-48(41)58;/h12-13,15,18,20,22,29-30,33,41-42,47,51H,4-11,14,16,19,21,23-28,31-32H2,1-3H3,(H,52,57,58);/q-1;/t41?,42-,47?,51?;/m1./s1. The van der Waals surface area contributed by atoms with Crippen molar-refractivity contribution in [2.24, 2.45) is 0 Å². The Balaban J connectivity index is 0.00000666. The van der Waals surface area contributed by atoms with Crippen LogP contribution in [0.2, 0.25) is 0 Å². The number of epoxide rings is 1. The molecule has 16 heteroatoms. The predicted octanol–water partition coefficient (Wildman–Crippen LogP) is 6.79. The monoisotopic (exact) mass is 1100 g/mol. The number of likely N-dealkylation sites (tertiary alicyclic amines) is 1. The van der Waals surface area contributed by atoms with Crippen molar-refractivity contribution in [1.82, 2.24) is 20.0 Å². The van der Waals surface area contributed by atoms with Gasteiger partial charge < -0.3 is 19.1 Å². The number of ketones is 1. The molecule has 0 saturated carbocycles. The van der Waals surface area contributed by atoms with E-state index in [0.717, 1.165) is 69.3 Å². The molecule has 1 N–H and O–H groups in total. The van der Waals surface area contributed by atoms with Gasteiger partial charge in [0.2, 0.25) is 11.8 Å². The van der Waals surface area contributed by atoms with Crippen LogP contribution in [-0.4, -0.2) is 110 Å². The van der Waals surface area contributed by atoms with Gasteiger partial charge in [-0.15, -0.1) is 11.1 Å². The third-order valence-corrected chi connectivity index (χ3v) is 14.9. The van der Waals surface area contributed by atoms with E-state index < -0.39 is 33.4 Å². The fourth-order valence-corrected chi connectivity index (χ4v) is 11.3. The van der Waals surface area contributed by atoms with Crippen molar-refractivity contribution in [3.05, 3.63) is 93.5 Å². The number of ether oxygens (including phenoxy) is 3. The van der Waals surface area contributed by atoms with Gasteiger partial charge in [-0.2, -0.15) is 23.8 Å². The normalized spacial score (nSPS) is 21.2. The third-order valence-electron chi connectivity index (χ3n) is 14.0. The summed E-state index contributed by atoms with van der Waals surface area (Å²) >= 11 is 0. The van der Waals surface area contributed by atoms with Crippen molar-refractivity contribution in [1.29, 1.82) is 0 Å². The van der Waals surface area contributed by atoms with E-state index in [1.54, 1.807) is 36.4 Å². The smallest absolute Gasteiger partial charge is 0.262 e. The summed E-state index contributed by atoms with van der Waals surface area (Å²) in [6.07, 6.45) is 12.7. The van der Waals surface area contributed by atoms with E-state index in [2.05, 4.69) is 33.3 Å². The molecule has 5 aliphatic rings. The van der Waals surface area contributed by atoms with Crippen molar-refractivity contribution < 1.29 is 72.4 Å². The van der Waals surface area contributed by atoms with Gasteiger partial charge in [0.25, 0.3) is 11.8 Å². The maximum Gasteiger partial charge on any atom is 0.262 e. The van der Waals surface area contributed by atoms with Crippen molar-refractivity contribution in [3.63, 3.8) is 0 Å². The van der Waals surface area contributed by atoms with Gasteiger partial charge in [-0.3, -0.25) is 39.1 Å². The number of nitrogens with zero attached hydrogens (tertiary/aromatic N) is 3. The molecule has 8 rings (SSSR count). The second-order valence-electron chi connectivity index (χ2n) is 18.6. The van der Waals surface area contributed by atoms with Gasteiger partial charge in [0.15, 0.2) is 11.5 Å². The van der Waals surface area contributed by atoms with Crippen LogP contribution in [0.4, 0.5) is 0 Å². The van der Waals surface area contributed by atoms with Crippen LogP contribution in [0.5, 0.6) is 11.5 Å². The number of piperidine rings is 2. The number of hydrogen-bond acceptors (Lipinski definition) is 12. The first-order valence-corrected chi connectivity index (χ1v) is 25.9. The number of fused-ring (bicyclic) bond motifs is 4. The van der Waals surface area contributed by atoms with Gasteiger partial charge in [0.1, 0.15) is 21.8 Å². The van der Waals surface area contributed by atoms with Gasteiger partial charge in [0.05, 0.1) is 48.8 Å². The molecule has 3 aromatic rings. The average molecular weight is 1100 g/mol. The Kier molecular flexibility index (Phi) is 17.1. The van der Waals surface area contributed by atoms with Crippen LogP contribution in [0.15, 0.2) is 48.5 Å². The molecule has 0 spiro atoms. The predicted molar refractivity (Wildman–Crippen MR) is 247 cm³/mol. The molecule has 3 fully saturated rings. The zero-order valence-corrected chi connectivity index (χ0v) is 43.4. The Bertz CT molecular complexity index is 2440. The number of imide groups is 2. The van der Waals surface area contributed by atoms with Crippen LogP contribution < -0.4 is 14.8 Å². The summed E-state index contributed by atoms with van der Waals surface area (Å²) in [7, 11) is -2.14. The second kappa shape index (κ2) is 22.6. The van der Waals surface area contributed by atoms with Crippen molar-refractivity contribution in [2.45, 2.75) is 134 Å². The molecule has 3 unspecified atom stereocenters. The molecule has 0 aliphatic carbocycles. The Morgan fingerprint density at radius 3 is 2.39 bits per heavy atom. The van der Waals surface area contributed by atoms with Crippen LogP contribution >= 0.6 is 0 Å². The zero-order chi connectivity index (χ0) is 46.5. The van der Waals surface area contributed by atoms with Crippen molar-refractivity contribution >= 4 is 39.2 Å². The first kappa shape index (κ1) is 50.8. The summed E-state index contributed by atoms with van der Waals surface area (Å²) in [5.74, 6) is -0.597. The van der Waals surface area contributed by atoms with Gasteiger partial charge >= 0.3 is 0 Å². The van der Waals surface area contributed by atoms with Crippen LogP contribution in [0.25, 0.3) is 0 Å². The van der Waals surface area contributed by atoms with Crippen molar-refractivity contribution in [3.8, 4) is 11.5 Å². The number of rotatable bonds is 22. The number of aryl methyl sites for hydroxylation is 1. The number of Topliss-reactive ketones (excluding diaryl/α,β-unsaturated/α-hetero) is 1. The molecule has 14 nitrogen and oxygen atoms in total. The topological polar surface area (TPSA) is 172 Å². The Morgan fingerprint density at radius 1 is 0.925 bits per heavy atom. The average Bonchev–Trinajstić information content (AvgIpc) is 4.06. The molecule has 3 saturated heterocycles. The number of methoxy groups -OCH3 is 1. The second-order valence-corrected chi connectivity index (χ2v) is 20.8.